The van der Waals surface area contributed by atoms with Gasteiger partial charge >= 0.3 is 6.09 Å². The molecule has 1 aliphatic rings. The molecule has 0 fully saturated rings. The van der Waals surface area contributed by atoms with E-state index in [0.717, 1.165) is 0 Å². The highest BCUT2D eigenvalue weighted by atomic mass is 35.5. The quantitative estimate of drug-likeness (QED) is 0.748. The maximum absolute atomic E-state index is 12.7. The first-order valence-corrected chi connectivity index (χ1v) is 7.81. The second-order valence-corrected chi connectivity index (χ2v) is 7.12. The summed E-state index contributed by atoms with van der Waals surface area (Å²) in [7, 11) is 0. The van der Waals surface area contributed by atoms with Gasteiger partial charge in [0.1, 0.15) is 11.6 Å². The number of nitrogens with zero attached hydrogens (tertiary/aromatic N) is 3. The minimum Gasteiger partial charge on any atom is -0.443 e. The van der Waals surface area contributed by atoms with E-state index in [9.17, 15) is 15.3 Å². The van der Waals surface area contributed by atoms with Crippen LogP contribution in [0.1, 0.15) is 39.3 Å². The number of ether oxygens (including phenoxy) is 1. The summed E-state index contributed by atoms with van der Waals surface area (Å²) in [5, 5.41) is 19.8. The van der Waals surface area contributed by atoms with E-state index in [4.69, 9.17) is 16.3 Å². The van der Waals surface area contributed by atoms with Crippen molar-refractivity contribution >= 4 is 17.7 Å². The Morgan fingerprint density at radius 1 is 1.25 bits per heavy atom. The van der Waals surface area contributed by atoms with Crippen LogP contribution in [0.3, 0.4) is 0 Å². The summed E-state index contributed by atoms with van der Waals surface area (Å²) < 4.78 is 5.45. The molecule has 0 saturated carbocycles. The van der Waals surface area contributed by atoms with E-state index < -0.39 is 23.2 Å². The van der Waals surface area contributed by atoms with Gasteiger partial charge in [-0.1, -0.05) is 23.7 Å². The molecule has 1 aliphatic heterocycles. The van der Waals surface area contributed by atoms with Crippen LogP contribution < -0.4 is 0 Å². The lowest BCUT2D eigenvalue weighted by molar-refractivity contribution is 0.0232. The fourth-order valence-corrected chi connectivity index (χ4v) is 2.84. The van der Waals surface area contributed by atoms with Crippen LogP contribution in [-0.2, 0) is 4.74 Å². The Kier molecular flexibility index (Phi) is 4.60. The van der Waals surface area contributed by atoms with Crippen molar-refractivity contribution in [2.75, 3.05) is 0 Å². The van der Waals surface area contributed by atoms with E-state index in [2.05, 4.69) is 0 Å². The highest BCUT2D eigenvalue weighted by Crippen LogP contribution is 2.48. The summed E-state index contributed by atoms with van der Waals surface area (Å²) in [5.74, 6) is 0. The van der Waals surface area contributed by atoms with Gasteiger partial charge in [-0.25, -0.2) is 4.79 Å². The molecule has 0 radical (unpaired) electrons. The lowest BCUT2D eigenvalue weighted by atomic mass is 9.81. The molecule has 6 heteroatoms. The number of hydrogen-bond donors (Lipinski definition) is 0. The standard InChI is InChI=1S/C18H18ClN3O2/c1-12-9-18(10-20,11-21)15(13-5-7-14(19)8-6-13)22(12)16(23)24-17(2,3)4/h5-9,15H,1-4H3/t15-/m0/s1. The molecule has 1 aromatic carbocycles. The highest BCUT2D eigenvalue weighted by Gasteiger charge is 2.51. The highest BCUT2D eigenvalue weighted by molar-refractivity contribution is 6.30. The summed E-state index contributed by atoms with van der Waals surface area (Å²) in [5.41, 5.74) is -1.02. The molecule has 124 valence electrons. The first-order valence-electron chi connectivity index (χ1n) is 7.43. The van der Waals surface area contributed by atoms with E-state index in [1.807, 2.05) is 12.1 Å². The zero-order valence-electron chi connectivity index (χ0n) is 14.0. The number of allylic oxidation sites excluding steroid dienone is 1. The molecule has 0 aromatic heterocycles. The average Bonchev–Trinajstić information content (AvgIpc) is 2.79. The van der Waals surface area contributed by atoms with Crippen LogP contribution in [0.15, 0.2) is 36.0 Å². The maximum Gasteiger partial charge on any atom is 0.415 e. The number of halogens is 1. The predicted molar refractivity (Wildman–Crippen MR) is 89.7 cm³/mol. The molecule has 0 bridgehead atoms. The number of carbonyl (C=O) groups excluding carboxylic acids is 1. The van der Waals surface area contributed by atoms with E-state index in [-0.39, 0.29) is 0 Å². The van der Waals surface area contributed by atoms with Crippen molar-refractivity contribution in [2.45, 2.75) is 39.3 Å². The molecular weight excluding hydrogens is 326 g/mol. The number of rotatable bonds is 1. The number of benzene rings is 1. The third-order valence-electron chi connectivity index (χ3n) is 3.65. The number of amides is 1. The van der Waals surface area contributed by atoms with Gasteiger partial charge in [-0.2, -0.15) is 10.5 Å². The van der Waals surface area contributed by atoms with Crippen molar-refractivity contribution in [2.24, 2.45) is 5.41 Å². The average molecular weight is 344 g/mol. The molecule has 0 N–H and O–H groups in total. The molecular formula is C18H18ClN3O2. The van der Waals surface area contributed by atoms with E-state index in [1.54, 1.807) is 52.0 Å². The third kappa shape index (κ3) is 3.22. The van der Waals surface area contributed by atoms with Crippen molar-refractivity contribution < 1.29 is 9.53 Å². The fourth-order valence-electron chi connectivity index (χ4n) is 2.71. The van der Waals surface area contributed by atoms with Crippen molar-refractivity contribution in [3.8, 4) is 12.1 Å². The molecule has 5 nitrogen and oxygen atoms in total. The van der Waals surface area contributed by atoms with Gasteiger partial charge in [0.15, 0.2) is 5.41 Å². The first-order chi connectivity index (χ1) is 11.1. The third-order valence-corrected chi connectivity index (χ3v) is 3.90. The SMILES string of the molecule is CC1=CC(C#N)(C#N)[C@H](c2ccc(Cl)cc2)N1C(=O)OC(C)(C)C. The summed E-state index contributed by atoms with van der Waals surface area (Å²) in [6.45, 7) is 6.97. The minimum absolute atomic E-state index is 0.507. The van der Waals surface area contributed by atoms with Crippen LogP contribution >= 0.6 is 11.6 Å². The second-order valence-electron chi connectivity index (χ2n) is 6.68. The van der Waals surface area contributed by atoms with Gasteiger partial charge < -0.3 is 4.74 Å². The smallest absolute Gasteiger partial charge is 0.415 e. The van der Waals surface area contributed by atoms with Crippen molar-refractivity contribution in [3.05, 3.63) is 46.6 Å². The Morgan fingerprint density at radius 2 is 1.79 bits per heavy atom. The summed E-state index contributed by atoms with van der Waals surface area (Å²) in [4.78, 5) is 14.0. The van der Waals surface area contributed by atoms with Crippen LogP contribution in [0, 0.1) is 28.1 Å². The van der Waals surface area contributed by atoms with Gasteiger partial charge in [0.25, 0.3) is 0 Å². The molecule has 1 aromatic rings. The van der Waals surface area contributed by atoms with Crippen molar-refractivity contribution in [1.82, 2.24) is 4.90 Å². The molecule has 24 heavy (non-hydrogen) atoms. The van der Waals surface area contributed by atoms with Crippen molar-refractivity contribution in [1.29, 1.82) is 10.5 Å². The molecule has 1 heterocycles. The zero-order chi connectivity index (χ0) is 18.1. The molecule has 0 saturated heterocycles. The Labute approximate surface area is 146 Å². The van der Waals surface area contributed by atoms with E-state index in [0.29, 0.717) is 16.3 Å². The molecule has 0 spiro atoms. The van der Waals surface area contributed by atoms with Crippen LogP contribution in [0.25, 0.3) is 0 Å². The lowest BCUT2D eigenvalue weighted by Crippen LogP contribution is -2.39. The molecule has 1 atom stereocenters. The Bertz CT molecular complexity index is 749. The maximum atomic E-state index is 12.7. The van der Waals surface area contributed by atoms with Crippen LogP contribution in [0.2, 0.25) is 5.02 Å². The van der Waals surface area contributed by atoms with Gasteiger partial charge in [0, 0.05) is 10.7 Å². The molecule has 2 rings (SSSR count). The lowest BCUT2D eigenvalue weighted by Gasteiger charge is -2.33. The first kappa shape index (κ1) is 17.8. The van der Waals surface area contributed by atoms with Crippen molar-refractivity contribution in [3.63, 3.8) is 0 Å². The Balaban J connectivity index is 2.54. The summed E-state index contributed by atoms with van der Waals surface area (Å²) in [6.07, 6.45) is 0.916. The Hall–Kier alpha value is -2.50. The number of hydrogen-bond acceptors (Lipinski definition) is 4. The van der Waals surface area contributed by atoms with Crippen LogP contribution in [0.5, 0.6) is 0 Å². The molecule has 0 aliphatic carbocycles. The molecule has 0 unspecified atom stereocenters. The molecule has 1 amide bonds. The minimum atomic E-state index is -1.48. The zero-order valence-corrected chi connectivity index (χ0v) is 14.8. The van der Waals surface area contributed by atoms with Gasteiger partial charge in [-0.15, -0.1) is 0 Å². The van der Waals surface area contributed by atoms with Gasteiger partial charge in [0.05, 0.1) is 12.1 Å². The number of nitriles is 2. The van der Waals surface area contributed by atoms with Gasteiger partial charge in [0.2, 0.25) is 0 Å². The Morgan fingerprint density at radius 3 is 2.25 bits per heavy atom. The van der Waals surface area contributed by atoms with Gasteiger partial charge in [-0.3, -0.25) is 4.90 Å². The van der Waals surface area contributed by atoms with Gasteiger partial charge in [-0.05, 0) is 51.5 Å². The second kappa shape index (κ2) is 6.19. The van der Waals surface area contributed by atoms with E-state index in [1.165, 1.54) is 11.0 Å². The van der Waals surface area contributed by atoms with Crippen LogP contribution in [-0.4, -0.2) is 16.6 Å². The summed E-state index contributed by atoms with van der Waals surface area (Å²) >= 11 is 5.92. The fraction of sp³-hybridized carbons (Fsp3) is 0.389. The predicted octanol–water partition coefficient (Wildman–Crippen LogP) is 4.57. The monoisotopic (exact) mass is 343 g/mol. The van der Waals surface area contributed by atoms with E-state index >= 15 is 0 Å². The summed E-state index contributed by atoms with van der Waals surface area (Å²) in [6, 6.07) is 10.1. The normalized spacial score (nSPS) is 19.2. The van der Waals surface area contributed by atoms with Crippen LogP contribution in [0.4, 0.5) is 4.79 Å². The number of carbonyl (C=O) groups is 1. The topological polar surface area (TPSA) is 77.1 Å². The largest absolute Gasteiger partial charge is 0.443 e.